The van der Waals surface area contributed by atoms with Gasteiger partial charge in [-0.1, -0.05) is 34.6 Å². The van der Waals surface area contributed by atoms with E-state index >= 15 is 0 Å². The van der Waals surface area contributed by atoms with Crippen LogP contribution < -0.4 is 10.6 Å². The average molecular weight is 489 g/mol. The van der Waals surface area contributed by atoms with E-state index in [4.69, 9.17) is 28.7 Å². The highest BCUT2D eigenvalue weighted by Gasteiger charge is 2.32. The first kappa shape index (κ1) is 30.5. The summed E-state index contributed by atoms with van der Waals surface area (Å²) in [5, 5.41) is 6.47. The van der Waals surface area contributed by atoms with E-state index in [1.165, 1.54) is 0 Å². The second-order valence-corrected chi connectivity index (χ2v) is 7.86. The molecule has 0 bridgehead atoms. The lowest BCUT2D eigenvalue weighted by atomic mass is 10.5. The third kappa shape index (κ3) is 12.8. The van der Waals surface area contributed by atoms with Crippen molar-refractivity contribution in [1.29, 1.82) is 0 Å². The Labute approximate surface area is 206 Å². The lowest BCUT2D eigenvalue weighted by Gasteiger charge is -2.40. The van der Waals surface area contributed by atoms with Gasteiger partial charge in [0.05, 0.1) is 0 Å². The molecule has 1 atom stereocenters. The average Bonchev–Trinajstić information content (AvgIpc) is 2.84. The molecule has 0 fully saturated rings. The Morgan fingerprint density at radius 3 is 1.76 bits per heavy atom. The third-order valence-electron chi connectivity index (χ3n) is 4.48. The summed E-state index contributed by atoms with van der Waals surface area (Å²) in [6, 6.07) is 0. The molecule has 1 aliphatic rings. The number of hydrogen-bond donors (Lipinski definition) is 2. The lowest BCUT2D eigenvalue weighted by Crippen LogP contribution is -2.58. The van der Waals surface area contributed by atoms with Crippen LogP contribution in [0, 0.1) is 0 Å². The van der Waals surface area contributed by atoms with E-state index in [0.717, 1.165) is 32.1 Å². The smallest absolute Gasteiger partial charge is 0.226 e. The molecule has 2 N–H and O–H groups in total. The third-order valence-corrected chi connectivity index (χ3v) is 4.48. The standard InChI is InChI=1S/C23H48N6O5/c1-6-11-30-16-24-21-26-22(25-17-31-12-7-2)29(20-34-15-10-5)23(27-21)28(18-32-13-8-3)19-33-14-9-4/h23H,6-20H2,1-5H3,(H2,24,25,26,27). The Morgan fingerprint density at radius 1 is 0.706 bits per heavy atom. The maximum atomic E-state index is 5.90. The van der Waals surface area contributed by atoms with Gasteiger partial charge in [-0.15, -0.1) is 0 Å². The van der Waals surface area contributed by atoms with Gasteiger partial charge in [0.1, 0.15) is 33.7 Å². The van der Waals surface area contributed by atoms with Crippen molar-refractivity contribution in [2.75, 3.05) is 66.7 Å². The van der Waals surface area contributed by atoms with Gasteiger partial charge in [-0.05, 0) is 32.1 Å². The fourth-order valence-electron chi connectivity index (χ4n) is 2.91. The summed E-state index contributed by atoms with van der Waals surface area (Å²) in [7, 11) is 0. The van der Waals surface area contributed by atoms with Gasteiger partial charge in [0.2, 0.25) is 11.9 Å². The summed E-state index contributed by atoms with van der Waals surface area (Å²) in [6.45, 7) is 15.4. The Kier molecular flexibility index (Phi) is 18.7. The fraction of sp³-hybridized carbons (Fsp3) is 0.913. The topological polar surface area (TPSA) is 101 Å². The number of nitrogens with zero attached hydrogens (tertiary/aromatic N) is 4. The summed E-state index contributed by atoms with van der Waals surface area (Å²) in [5.41, 5.74) is 0. The van der Waals surface area contributed by atoms with E-state index in [9.17, 15) is 0 Å². The van der Waals surface area contributed by atoms with Crippen molar-refractivity contribution in [3.8, 4) is 0 Å². The van der Waals surface area contributed by atoms with E-state index in [-0.39, 0.29) is 0 Å². The second kappa shape index (κ2) is 20.8. The predicted octanol–water partition coefficient (Wildman–Crippen LogP) is 2.70. The SMILES string of the molecule is CCCOCNC1=NC(N(COCCC)COCCC)N(COCCC)C(NCOCCC)=N1. The van der Waals surface area contributed by atoms with Crippen LogP contribution in [0.2, 0.25) is 0 Å². The molecule has 0 radical (unpaired) electrons. The summed E-state index contributed by atoms with van der Waals surface area (Å²) in [5.74, 6) is 1.09. The molecule has 1 heterocycles. The molecular formula is C23H48N6O5. The number of rotatable bonds is 21. The zero-order valence-electron chi connectivity index (χ0n) is 22.0. The number of hydrogen-bond acceptors (Lipinski definition) is 11. The van der Waals surface area contributed by atoms with Crippen molar-refractivity contribution in [2.45, 2.75) is 73.0 Å². The van der Waals surface area contributed by atoms with Crippen LogP contribution in [0.25, 0.3) is 0 Å². The summed E-state index contributed by atoms with van der Waals surface area (Å²) >= 11 is 0. The first-order valence-electron chi connectivity index (χ1n) is 12.7. The molecule has 0 aromatic rings. The molecule has 11 nitrogen and oxygen atoms in total. The van der Waals surface area contributed by atoms with Crippen LogP contribution in [0.3, 0.4) is 0 Å². The molecule has 1 aliphatic heterocycles. The van der Waals surface area contributed by atoms with Gasteiger partial charge in [0.25, 0.3) is 0 Å². The van der Waals surface area contributed by atoms with Crippen LogP contribution in [0.1, 0.15) is 66.7 Å². The Balaban J connectivity index is 3.11. The van der Waals surface area contributed by atoms with Crippen molar-refractivity contribution < 1.29 is 23.7 Å². The molecule has 11 heteroatoms. The van der Waals surface area contributed by atoms with Gasteiger partial charge in [0.15, 0.2) is 6.29 Å². The minimum Gasteiger partial charge on any atom is -0.366 e. The highest BCUT2D eigenvalue weighted by molar-refractivity contribution is 5.96. The number of aliphatic imine (C=N–C) groups is 2. The van der Waals surface area contributed by atoms with Crippen molar-refractivity contribution >= 4 is 11.9 Å². The van der Waals surface area contributed by atoms with Gasteiger partial charge in [-0.3, -0.25) is 4.90 Å². The van der Waals surface area contributed by atoms with Crippen LogP contribution in [0.15, 0.2) is 9.98 Å². The number of nitrogens with one attached hydrogen (secondary N) is 2. The lowest BCUT2D eigenvalue weighted by molar-refractivity contribution is -0.105. The molecule has 200 valence electrons. The molecule has 0 aromatic carbocycles. The molecule has 0 saturated heterocycles. The van der Waals surface area contributed by atoms with Crippen LogP contribution in [-0.2, 0) is 23.7 Å². The van der Waals surface area contributed by atoms with Gasteiger partial charge in [-0.2, -0.15) is 4.99 Å². The molecular weight excluding hydrogens is 440 g/mol. The van der Waals surface area contributed by atoms with Crippen molar-refractivity contribution in [2.24, 2.45) is 9.98 Å². The molecule has 1 rings (SSSR count). The van der Waals surface area contributed by atoms with Crippen molar-refractivity contribution in [3.05, 3.63) is 0 Å². The largest absolute Gasteiger partial charge is 0.366 e. The van der Waals surface area contributed by atoms with E-state index in [1.807, 2.05) is 9.80 Å². The maximum Gasteiger partial charge on any atom is 0.226 e. The van der Waals surface area contributed by atoms with Crippen molar-refractivity contribution in [3.63, 3.8) is 0 Å². The monoisotopic (exact) mass is 488 g/mol. The molecule has 0 aromatic heterocycles. The molecule has 0 saturated carbocycles. The van der Waals surface area contributed by atoms with Crippen molar-refractivity contribution in [1.82, 2.24) is 20.4 Å². The van der Waals surface area contributed by atoms with E-state index in [0.29, 0.717) is 78.6 Å². The van der Waals surface area contributed by atoms with Crippen LogP contribution >= 0.6 is 0 Å². The zero-order valence-corrected chi connectivity index (χ0v) is 22.0. The minimum atomic E-state index is -0.439. The predicted molar refractivity (Wildman–Crippen MR) is 134 cm³/mol. The van der Waals surface area contributed by atoms with E-state index < -0.39 is 6.29 Å². The number of ether oxygens (including phenoxy) is 5. The van der Waals surface area contributed by atoms with Crippen LogP contribution in [0.5, 0.6) is 0 Å². The summed E-state index contributed by atoms with van der Waals surface area (Å²) < 4.78 is 28.9. The van der Waals surface area contributed by atoms with Gasteiger partial charge < -0.3 is 34.3 Å². The van der Waals surface area contributed by atoms with E-state index in [1.54, 1.807) is 0 Å². The highest BCUT2D eigenvalue weighted by atomic mass is 16.5. The molecule has 34 heavy (non-hydrogen) atoms. The number of guanidine groups is 2. The van der Waals surface area contributed by atoms with Crippen LogP contribution in [-0.4, -0.2) is 94.7 Å². The first-order chi connectivity index (χ1) is 16.7. The quantitative estimate of drug-likeness (QED) is 0.186. The normalized spacial score (nSPS) is 16.1. The van der Waals surface area contributed by atoms with Gasteiger partial charge >= 0.3 is 0 Å². The molecule has 0 amide bonds. The van der Waals surface area contributed by atoms with Gasteiger partial charge in [0, 0.05) is 33.0 Å². The van der Waals surface area contributed by atoms with E-state index in [2.05, 4.69) is 50.2 Å². The Hall–Kier alpha value is -1.50. The zero-order chi connectivity index (χ0) is 24.9. The van der Waals surface area contributed by atoms with Gasteiger partial charge in [-0.25, -0.2) is 9.89 Å². The first-order valence-corrected chi connectivity index (χ1v) is 12.7. The Morgan fingerprint density at radius 2 is 1.21 bits per heavy atom. The minimum absolute atomic E-state index is 0.319. The molecule has 0 aliphatic carbocycles. The van der Waals surface area contributed by atoms with Crippen LogP contribution in [0.4, 0.5) is 0 Å². The molecule has 0 spiro atoms. The molecule has 1 unspecified atom stereocenters. The maximum absolute atomic E-state index is 5.90. The second-order valence-electron chi connectivity index (χ2n) is 7.86. The Bertz CT molecular complexity index is 542. The highest BCUT2D eigenvalue weighted by Crippen LogP contribution is 2.15. The summed E-state index contributed by atoms with van der Waals surface area (Å²) in [4.78, 5) is 13.5. The summed E-state index contributed by atoms with van der Waals surface area (Å²) in [6.07, 6.45) is 4.25. The fourth-order valence-corrected chi connectivity index (χ4v) is 2.91.